The van der Waals surface area contributed by atoms with Crippen LogP contribution in [-0.4, -0.2) is 8.40 Å². The molecule has 2 aromatic rings. The summed E-state index contributed by atoms with van der Waals surface area (Å²) in [5.41, 5.74) is 14.3. The Hall–Kier alpha value is -2.52. The first kappa shape index (κ1) is 30.9. The van der Waals surface area contributed by atoms with Gasteiger partial charge in [-0.05, 0) is 77.8 Å². The number of hydrogen-bond acceptors (Lipinski definition) is 2. The quantitative estimate of drug-likeness (QED) is 0.328. The molecule has 2 aromatic carbocycles. The molecule has 4 atom stereocenters. The Bertz CT molecular complexity index is 1470. The summed E-state index contributed by atoms with van der Waals surface area (Å²) in [7, 11) is -2.74. The van der Waals surface area contributed by atoms with E-state index in [1.54, 1.807) is 0 Å². The third kappa shape index (κ3) is 3.38. The number of fused-ring (bicyclic) bond motifs is 4. The zero-order chi connectivity index (χ0) is 31.3. The van der Waals surface area contributed by atoms with E-state index >= 15 is 0 Å². The van der Waals surface area contributed by atoms with E-state index in [4.69, 9.17) is 6.58 Å². The highest BCUT2D eigenvalue weighted by molar-refractivity contribution is 6.97. The first-order chi connectivity index (χ1) is 19.5. The van der Waals surface area contributed by atoms with Gasteiger partial charge < -0.3 is 9.55 Å². The lowest BCUT2D eigenvalue weighted by atomic mass is 9.63. The van der Waals surface area contributed by atoms with Crippen molar-refractivity contribution in [2.75, 3.05) is 9.55 Å². The van der Waals surface area contributed by atoms with Crippen molar-refractivity contribution >= 4 is 19.8 Å². The fourth-order valence-electron chi connectivity index (χ4n) is 9.71. The zero-order valence-electron chi connectivity index (χ0n) is 29.0. The van der Waals surface area contributed by atoms with Crippen LogP contribution >= 0.6 is 0 Å². The van der Waals surface area contributed by atoms with E-state index < -0.39 is 8.40 Å². The van der Waals surface area contributed by atoms with Crippen molar-refractivity contribution in [3.05, 3.63) is 93.7 Å². The van der Waals surface area contributed by atoms with Crippen molar-refractivity contribution in [3.8, 4) is 0 Å². The van der Waals surface area contributed by atoms with Gasteiger partial charge in [0.15, 0.2) is 0 Å². The molecular formula is C39H56N2Si. The Morgan fingerprint density at radius 3 is 1.57 bits per heavy atom. The minimum absolute atomic E-state index is 0.00800. The summed E-state index contributed by atoms with van der Waals surface area (Å²) in [4.78, 5) is 4.64. The molecule has 2 nitrogen and oxygen atoms in total. The Morgan fingerprint density at radius 1 is 0.714 bits per heavy atom. The number of hydrogen-bond donors (Lipinski definition) is 1. The van der Waals surface area contributed by atoms with Crippen molar-refractivity contribution in [1.29, 1.82) is 0 Å². The molecule has 0 bridgehead atoms. The molecule has 1 N–H and O–H groups in total. The average molecular weight is 581 g/mol. The minimum atomic E-state index is -2.74. The molecule has 1 saturated heterocycles. The van der Waals surface area contributed by atoms with Crippen LogP contribution in [0.25, 0.3) is 0 Å². The number of nitrogens with one attached hydrogen (secondary N) is 1. The predicted molar refractivity (Wildman–Crippen MR) is 187 cm³/mol. The molecule has 1 aliphatic carbocycles. The lowest BCUT2D eigenvalue weighted by Crippen LogP contribution is -2.84. The van der Waals surface area contributed by atoms with E-state index in [2.05, 4.69) is 149 Å². The van der Waals surface area contributed by atoms with E-state index in [1.807, 2.05) is 0 Å². The van der Waals surface area contributed by atoms with Crippen LogP contribution in [0, 0.1) is 5.41 Å². The van der Waals surface area contributed by atoms with Crippen LogP contribution in [0.1, 0.15) is 143 Å². The van der Waals surface area contributed by atoms with E-state index in [-0.39, 0.29) is 15.5 Å². The van der Waals surface area contributed by atoms with Gasteiger partial charge in [0, 0.05) is 32.6 Å². The summed E-state index contributed by atoms with van der Waals surface area (Å²) >= 11 is 0. The summed E-state index contributed by atoms with van der Waals surface area (Å²) in [5, 5.41) is -0.145. The summed E-state index contributed by atoms with van der Waals surface area (Å²) in [6.45, 7) is 38.6. The van der Waals surface area contributed by atoms with Crippen molar-refractivity contribution in [2.45, 2.75) is 131 Å². The minimum Gasteiger partial charge on any atom is -0.392 e. The molecule has 3 aliphatic rings. The predicted octanol–water partition coefficient (Wildman–Crippen LogP) is 11.9. The van der Waals surface area contributed by atoms with Gasteiger partial charge in [-0.3, -0.25) is 0 Å². The van der Waals surface area contributed by atoms with Gasteiger partial charge in [-0.1, -0.05) is 131 Å². The summed E-state index contributed by atoms with van der Waals surface area (Å²) in [6.07, 6.45) is 2.68. The Morgan fingerprint density at radius 2 is 1.14 bits per heavy atom. The Labute approximate surface area is 258 Å². The summed E-state index contributed by atoms with van der Waals surface area (Å²) in [5.74, 6) is 1.69. The van der Waals surface area contributed by atoms with E-state index in [9.17, 15) is 0 Å². The van der Waals surface area contributed by atoms with Crippen LogP contribution in [-0.2, 0) is 0 Å². The van der Waals surface area contributed by atoms with Crippen molar-refractivity contribution in [1.82, 2.24) is 0 Å². The molecule has 0 spiro atoms. The average Bonchev–Trinajstić information content (AvgIpc) is 3.21. The topological polar surface area (TPSA) is 15.3 Å². The van der Waals surface area contributed by atoms with Crippen LogP contribution < -0.4 is 9.55 Å². The first-order valence-electron chi connectivity index (χ1n) is 16.4. The maximum atomic E-state index is 4.93. The van der Waals surface area contributed by atoms with Gasteiger partial charge in [0.25, 0.3) is 8.40 Å². The van der Waals surface area contributed by atoms with Crippen molar-refractivity contribution in [2.24, 2.45) is 5.41 Å². The standard InChI is InChI=1S/C39H56N2Si/c1-23(2)31-18-16-19-32(24(3)4)35(31)40-42-37(13,38(14)29(11)28(10)30(12)39(38,42)15)22-27(9)41(42)36-33(25(5)6)20-17-21-34(36)26(7)8/h16-26,40H,12H2,1-11,13-15H3/t37-,38-,39-,42-/m0/s1. The number of nitrogens with zero attached hydrogens (tertiary/aromatic N) is 1. The number of benzene rings is 2. The third-order valence-electron chi connectivity index (χ3n) is 12.3. The first-order valence-corrected chi connectivity index (χ1v) is 18.3. The van der Waals surface area contributed by atoms with Crippen LogP contribution in [0.3, 0.4) is 0 Å². The van der Waals surface area contributed by atoms with Gasteiger partial charge >= 0.3 is 0 Å². The maximum Gasteiger partial charge on any atom is 0.288 e. The lowest BCUT2D eigenvalue weighted by Gasteiger charge is -2.76. The Balaban J connectivity index is 1.94. The van der Waals surface area contributed by atoms with E-state index in [0.717, 1.165) is 0 Å². The van der Waals surface area contributed by atoms with Gasteiger partial charge in [-0.2, -0.15) is 0 Å². The Kier molecular flexibility index (Phi) is 7.17. The number of allylic oxidation sites excluding steroid dienone is 5. The fourth-order valence-corrected chi connectivity index (χ4v) is 17.3. The molecule has 0 saturated carbocycles. The molecule has 0 amide bonds. The van der Waals surface area contributed by atoms with Gasteiger partial charge in [-0.15, -0.1) is 0 Å². The van der Waals surface area contributed by atoms with Crippen LogP contribution in [0.15, 0.2) is 71.5 Å². The monoisotopic (exact) mass is 580 g/mol. The number of anilines is 2. The molecule has 226 valence electrons. The van der Waals surface area contributed by atoms with Gasteiger partial charge in [0.1, 0.15) is 0 Å². The van der Waals surface area contributed by atoms with Crippen molar-refractivity contribution in [3.63, 3.8) is 0 Å². The molecule has 2 aliphatic heterocycles. The molecule has 42 heavy (non-hydrogen) atoms. The zero-order valence-corrected chi connectivity index (χ0v) is 30.0. The molecule has 0 aromatic heterocycles. The highest BCUT2D eigenvalue weighted by Crippen LogP contribution is 2.91. The van der Waals surface area contributed by atoms with E-state index in [0.29, 0.717) is 23.7 Å². The van der Waals surface area contributed by atoms with Gasteiger partial charge in [0.05, 0.1) is 0 Å². The fraction of sp³-hybridized carbons (Fsp3) is 0.538. The molecule has 1 fully saturated rings. The van der Waals surface area contributed by atoms with Crippen LogP contribution in [0.2, 0.25) is 10.1 Å². The van der Waals surface area contributed by atoms with Crippen molar-refractivity contribution < 1.29 is 0 Å². The summed E-state index contributed by atoms with van der Waals surface area (Å²) < 4.78 is 2.90. The molecule has 2 heterocycles. The lowest BCUT2D eigenvalue weighted by molar-refractivity contribution is 0.182. The molecule has 5 rings (SSSR count). The summed E-state index contributed by atoms with van der Waals surface area (Å²) in [6, 6.07) is 14.0. The molecular weight excluding hydrogens is 525 g/mol. The second-order valence-electron chi connectivity index (χ2n) is 15.4. The van der Waals surface area contributed by atoms with Crippen LogP contribution in [0.4, 0.5) is 11.4 Å². The SMILES string of the molecule is C=C1C(C)=C(C)[C@@]2(C)[C@]3(C)C=C(C)N(c4c(C(C)C)cccc4C(C)C)[Si@]3(Nc3c(C(C)C)cccc3C(C)C)[C@@]12C. The van der Waals surface area contributed by atoms with E-state index in [1.165, 1.54) is 56.0 Å². The smallest absolute Gasteiger partial charge is 0.288 e. The molecule has 3 heteroatoms. The number of rotatable bonds is 7. The second kappa shape index (κ2) is 9.74. The number of para-hydroxylation sites is 2. The van der Waals surface area contributed by atoms with Gasteiger partial charge in [0.2, 0.25) is 0 Å². The highest BCUT2D eigenvalue weighted by Gasteiger charge is 2.90. The second-order valence-corrected chi connectivity index (χ2v) is 19.5. The third-order valence-corrected chi connectivity index (χ3v) is 18.6. The maximum absolute atomic E-state index is 4.93. The van der Waals surface area contributed by atoms with Gasteiger partial charge in [-0.25, -0.2) is 0 Å². The normalized spacial score (nSPS) is 30.5. The van der Waals surface area contributed by atoms with Crippen LogP contribution in [0.5, 0.6) is 0 Å². The largest absolute Gasteiger partial charge is 0.392 e. The molecule has 0 unspecified atom stereocenters. The highest BCUT2D eigenvalue weighted by atomic mass is 28.4. The molecule has 0 radical (unpaired) electrons.